The van der Waals surface area contributed by atoms with Crippen LogP contribution < -0.4 is 5.32 Å². The van der Waals surface area contributed by atoms with E-state index in [-0.39, 0.29) is 0 Å². The fourth-order valence-electron chi connectivity index (χ4n) is 1.44. The van der Waals surface area contributed by atoms with E-state index in [2.05, 4.69) is 16.8 Å². The number of unbranched alkanes of at least 4 members (excludes halogenated alkanes) is 5. The molecule has 0 rings (SSSR count). The van der Waals surface area contributed by atoms with Crippen molar-refractivity contribution in [2.75, 3.05) is 19.8 Å². The van der Waals surface area contributed by atoms with Gasteiger partial charge in [0.1, 0.15) is 6.16 Å². The molecule has 1 atom stereocenters. The van der Waals surface area contributed by atoms with Gasteiger partial charge in [0.05, 0.1) is 0 Å². The van der Waals surface area contributed by atoms with Crippen LogP contribution in [0.15, 0.2) is 0 Å². The molecule has 0 bridgehead atoms. The molecule has 2 N–H and O–H groups in total. The lowest BCUT2D eigenvalue weighted by molar-refractivity contribution is -0.118. The zero-order valence-corrected chi connectivity index (χ0v) is 11.7. The van der Waals surface area contributed by atoms with Gasteiger partial charge in [-0.3, -0.25) is 9.36 Å². The van der Waals surface area contributed by atoms with E-state index in [1.54, 1.807) is 0 Å². The van der Waals surface area contributed by atoms with Gasteiger partial charge < -0.3 is 14.7 Å². The Morgan fingerprint density at radius 3 is 2.41 bits per heavy atom. The number of hydrogen-bond acceptors (Lipinski definition) is 3. The van der Waals surface area contributed by atoms with Gasteiger partial charge >= 0.3 is 7.60 Å². The van der Waals surface area contributed by atoms with Crippen molar-refractivity contribution < 1.29 is 18.8 Å². The third kappa shape index (κ3) is 10.5. The fourth-order valence-corrected chi connectivity index (χ4v) is 2.04. The Balaban J connectivity index is 3.43. The largest absolute Gasteiger partial charge is 0.356 e. The van der Waals surface area contributed by atoms with Crippen LogP contribution in [-0.4, -0.2) is 30.6 Å². The number of nitrogens with one attached hydrogen (secondary N) is 1. The molecule has 0 aromatic rings. The highest BCUT2D eigenvalue weighted by Gasteiger charge is 2.21. The van der Waals surface area contributed by atoms with Crippen LogP contribution in [0.2, 0.25) is 0 Å². The summed E-state index contributed by atoms with van der Waals surface area (Å²) in [4.78, 5) is 20.3. The lowest BCUT2D eigenvalue weighted by Gasteiger charge is -2.09. The van der Waals surface area contributed by atoms with Gasteiger partial charge in [-0.2, -0.15) is 0 Å². The molecule has 0 fully saturated rings. The first-order valence-corrected chi connectivity index (χ1v) is 7.92. The molecular weight excluding hydrogens is 241 g/mol. The van der Waals surface area contributed by atoms with E-state index >= 15 is 0 Å². The summed E-state index contributed by atoms with van der Waals surface area (Å²) in [6.07, 6.45) is 6.44. The maximum atomic E-state index is 11.2. The predicted molar refractivity (Wildman–Crippen MR) is 68.1 cm³/mol. The first-order chi connectivity index (χ1) is 8.02. The summed E-state index contributed by atoms with van der Waals surface area (Å²) in [5.74, 6) is -0.425. The first kappa shape index (κ1) is 16.6. The van der Waals surface area contributed by atoms with Crippen LogP contribution in [0.25, 0.3) is 0 Å². The second-order valence-corrected chi connectivity index (χ2v) is 6.05. The zero-order chi connectivity index (χ0) is 13.1. The van der Waals surface area contributed by atoms with Gasteiger partial charge in [0.25, 0.3) is 0 Å². The smallest absolute Gasteiger partial charge is 0.337 e. The maximum Gasteiger partial charge on any atom is 0.337 e. The molecule has 0 radical (unpaired) electrons. The maximum absolute atomic E-state index is 11.2. The summed E-state index contributed by atoms with van der Waals surface area (Å²) < 4.78 is 15.4. The lowest BCUT2D eigenvalue weighted by atomic mass is 10.1. The summed E-state index contributed by atoms with van der Waals surface area (Å²) in [5, 5.41) is 2.61. The standard InChI is InChI=1S/C11H24NO4P/c1-3-4-5-6-7-8-9-12-11(13)10-17(14,15)16-2/h3-10H2,1-2H3,(H,12,13)(H,14,15). The van der Waals surface area contributed by atoms with Crippen molar-refractivity contribution in [3.05, 3.63) is 0 Å². The van der Waals surface area contributed by atoms with E-state index in [4.69, 9.17) is 4.89 Å². The molecule has 0 saturated carbocycles. The lowest BCUT2D eigenvalue weighted by Crippen LogP contribution is -2.27. The van der Waals surface area contributed by atoms with Crippen molar-refractivity contribution in [3.8, 4) is 0 Å². The van der Waals surface area contributed by atoms with Crippen LogP contribution in [0, 0.1) is 0 Å². The number of rotatable bonds is 10. The number of hydrogen-bond donors (Lipinski definition) is 2. The third-order valence-corrected chi connectivity index (χ3v) is 3.74. The van der Waals surface area contributed by atoms with Crippen molar-refractivity contribution in [3.63, 3.8) is 0 Å². The van der Waals surface area contributed by atoms with Crippen molar-refractivity contribution >= 4 is 13.5 Å². The van der Waals surface area contributed by atoms with E-state index in [1.807, 2.05) is 0 Å². The van der Waals surface area contributed by atoms with Crippen molar-refractivity contribution in [1.82, 2.24) is 5.32 Å². The van der Waals surface area contributed by atoms with Crippen molar-refractivity contribution in [2.24, 2.45) is 0 Å². The topological polar surface area (TPSA) is 75.6 Å². The summed E-state index contributed by atoms with van der Waals surface area (Å²) in [6, 6.07) is 0. The predicted octanol–water partition coefficient (Wildman–Crippen LogP) is 2.29. The Morgan fingerprint density at radius 1 is 1.24 bits per heavy atom. The molecule has 0 aliphatic rings. The minimum Gasteiger partial charge on any atom is -0.356 e. The van der Waals surface area contributed by atoms with E-state index in [0.29, 0.717) is 6.54 Å². The average Bonchev–Trinajstić information content (AvgIpc) is 2.27. The Labute approximate surface area is 103 Å². The molecule has 1 unspecified atom stereocenters. The molecule has 0 aromatic heterocycles. The zero-order valence-electron chi connectivity index (χ0n) is 10.8. The fraction of sp³-hybridized carbons (Fsp3) is 0.909. The molecular formula is C11H24NO4P. The summed E-state index contributed by atoms with van der Waals surface area (Å²) in [7, 11) is -2.59. The third-order valence-electron chi connectivity index (χ3n) is 2.48. The molecule has 1 amide bonds. The minimum atomic E-state index is -3.71. The minimum absolute atomic E-state index is 0.425. The first-order valence-electron chi connectivity index (χ1n) is 6.16. The SMILES string of the molecule is CCCCCCCCNC(=O)CP(=O)(O)OC. The molecule has 0 saturated heterocycles. The Morgan fingerprint density at radius 2 is 1.82 bits per heavy atom. The van der Waals surface area contributed by atoms with Gasteiger partial charge in [0.15, 0.2) is 0 Å². The normalized spacial score (nSPS) is 14.3. The van der Waals surface area contributed by atoms with Gasteiger partial charge in [-0.25, -0.2) is 0 Å². The van der Waals surface area contributed by atoms with Gasteiger partial charge in [-0.15, -0.1) is 0 Å². The highest BCUT2D eigenvalue weighted by Crippen LogP contribution is 2.39. The Hall–Kier alpha value is -0.380. The van der Waals surface area contributed by atoms with E-state index in [9.17, 15) is 9.36 Å². The quantitative estimate of drug-likeness (QED) is 0.469. The van der Waals surface area contributed by atoms with E-state index in [0.717, 1.165) is 20.0 Å². The molecule has 5 nitrogen and oxygen atoms in total. The molecule has 0 aromatic carbocycles. The van der Waals surface area contributed by atoms with Crippen molar-refractivity contribution in [1.29, 1.82) is 0 Å². The average molecular weight is 265 g/mol. The summed E-state index contributed by atoms with van der Waals surface area (Å²) in [5.41, 5.74) is 0. The highest BCUT2D eigenvalue weighted by atomic mass is 31.2. The van der Waals surface area contributed by atoms with Gasteiger partial charge in [-0.1, -0.05) is 39.0 Å². The van der Waals surface area contributed by atoms with Crippen LogP contribution in [-0.2, 0) is 13.9 Å². The number of carbonyl (C=O) groups is 1. The van der Waals surface area contributed by atoms with Crippen LogP contribution in [0.1, 0.15) is 45.4 Å². The molecule has 6 heteroatoms. The highest BCUT2D eigenvalue weighted by molar-refractivity contribution is 7.53. The summed E-state index contributed by atoms with van der Waals surface area (Å²) >= 11 is 0. The molecule has 0 aliphatic carbocycles. The van der Waals surface area contributed by atoms with Crippen LogP contribution in [0.4, 0.5) is 0 Å². The van der Waals surface area contributed by atoms with Gasteiger partial charge in [0, 0.05) is 13.7 Å². The molecule has 0 aliphatic heterocycles. The summed E-state index contributed by atoms with van der Waals surface area (Å²) in [6.45, 7) is 2.73. The van der Waals surface area contributed by atoms with Crippen LogP contribution in [0.5, 0.6) is 0 Å². The molecule has 102 valence electrons. The van der Waals surface area contributed by atoms with E-state index < -0.39 is 19.7 Å². The van der Waals surface area contributed by atoms with Gasteiger partial charge in [-0.05, 0) is 6.42 Å². The Bertz CT molecular complexity index is 258. The van der Waals surface area contributed by atoms with Crippen molar-refractivity contribution in [2.45, 2.75) is 45.4 Å². The monoisotopic (exact) mass is 265 g/mol. The second-order valence-electron chi connectivity index (χ2n) is 4.10. The number of carbonyl (C=O) groups excluding carboxylic acids is 1. The van der Waals surface area contributed by atoms with Gasteiger partial charge in [0.2, 0.25) is 5.91 Å². The molecule has 0 spiro atoms. The molecule has 17 heavy (non-hydrogen) atoms. The van der Waals surface area contributed by atoms with E-state index in [1.165, 1.54) is 25.7 Å². The number of amides is 1. The second kappa shape index (κ2) is 9.63. The van der Waals surface area contributed by atoms with Crippen LogP contribution >= 0.6 is 7.60 Å². The van der Waals surface area contributed by atoms with Crippen LogP contribution in [0.3, 0.4) is 0 Å². The molecule has 0 heterocycles. The Kier molecular flexibility index (Phi) is 9.41.